The third-order valence-corrected chi connectivity index (χ3v) is 3.27. The van der Waals surface area contributed by atoms with Gasteiger partial charge in [0.25, 0.3) is 0 Å². The van der Waals surface area contributed by atoms with E-state index >= 15 is 0 Å². The molecule has 0 spiro atoms. The molecule has 0 aromatic heterocycles. The molecular formula is C14H20N2O5. The summed E-state index contributed by atoms with van der Waals surface area (Å²) in [5.41, 5.74) is -1.25. The Labute approximate surface area is 123 Å². The first-order valence-electron chi connectivity index (χ1n) is 6.68. The summed E-state index contributed by atoms with van der Waals surface area (Å²) in [4.78, 5) is 23.8. The number of rotatable bonds is 7. The zero-order valence-corrected chi connectivity index (χ0v) is 12.6. The summed E-state index contributed by atoms with van der Waals surface area (Å²) >= 11 is 0. The lowest BCUT2D eigenvalue weighted by molar-refractivity contribution is -0.385. The second kappa shape index (κ2) is 6.43. The molecule has 0 saturated carbocycles. The molecule has 0 aliphatic carbocycles. The second-order valence-electron chi connectivity index (χ2n) is 4.92. The van der Waals surface area contributed by atoms with Crippen molar-refractivity contribution in [3.05, 3.63) is 28.3 Å². The molecule has 21 heavy (non-hydrogen) atoms. The molecule has 7 heteroatoms. The highest BCUT2D eigenvalue weighted by Crippen LogP contribution is 2.39. The summed E-state index contributed by atoms with van der Waals surface area (Å²) in [5.74, 6) is -0.917. The number of ether oxygens (including phenoxy) is 1. The SMILES string of the molecule is CCOc1cccc(N(CC)C(C)(C)C(=O)O)c1[N+](=O)[O-]. The average Bonchev–Trinajstić information content (AvgIpc) is 2.39. The number of nitro groups is 1. The minimum Gasteiger partial charge on any atom is -0.487 e. The van der Waals surface area contributed by atoms with E-state index in [1.165, 1.54) is 30.9 Å². The third kappa shape index (κ3) is 3.24. The van der Waals surface area contributed by atoms with Crippen molar-refractivity contribution in [2.45, 2.75) is 33.2 Å². The van der Waals surface area contributed by atoms with Gasteiger partial charge in [0.1, 0.15) is 11.2 Å². The van der Waals surface area contributed by atoms with Gasteiger partial charge in [0.15, 0.2) is 5.75 Å². The summed E-state index contributed by atoms with van der Waals surface area (Å²) in [6, 6.07) is 4.66. The van der Waals surface area contributed by atoms with Gasteiger partial charge in [-0.1, -0.05) is 6.07 Å². The smallest absolute Gasteiger partial charge is 0.333 e. The van der Waals surface area contributed by atoms with Gasteiger partial charge in [0.05, 0.1) is 11.5 Å². The van der Waals surface area contributed by atoms with E-state index in [1.54, 1.807) is 19.9 Å². The number of hydrogen-bond donors (Lipinski definition) is 1. The van der Waals surface area contributed by atoms with Crippen LogP contribution >= 0.6 is 0 Å². The molecule has 1 aromatic carbocycles. The van der Waals surface area contributed by atoms with Crippen LogP contribution in [-0.2, 0) is 4.79 Å². The van der Waals surface area contributed by atoms with Crippen molar-refractivity contribution in [1.82, 2.24) is 0 Å². The van der Waals surface area contributed by atoms with Crippen LogP contribution in [0.3, 0.4) is 0 Å². The Hall–Kier alpha value is -2.31. The maximum absolute atomic E-state index is 11.4. The van der Waals surface area contributed by atoms with E-state index in [4.69, 9.17) is 4.74 Å². The lowest BCUT2D eigenvalue weighted by Gasteiger charge is -2.35. The lowest BCUT2D eigenvalue weighted by atomic mass is 10.0. The van der Waals surface area contributed by atoms with Crippen LogP contribution in [0, 0.1) is 10.1 Å². The fourth-order valence-corrected chi connectivity index (χ4v) is 2.17. The number of carboxylic acid groups (broad SMARTS) is 1. The molecule has 0 amide bonds. The highest BCUT2D eigenvalue weighted by atomic mass is 16.6. The van der Waals surface area contributed by atoms with Crippen LogP contribution in [0.15, 0.2) is 18.2 Å². The molecule has 0 radical (unpaired) electrons. The summed E-state index contributed by atoms with van der Waals surface area (Å²) in [7, 11) is 0. The van der Waals surface area contributed by atoms with Crippen LogP contribution < -0.4 is 9.64 Å². The minimum absolute atomic E-state index is 0.139. The Balaban J connectivity index is 3.49. The fourth-order valence-electron chi connectivity index (χ4n) is 2.17. The molecule has 0 fully saturated rings. The monoisotopic (exact) mass is 296 g/mol. The predicted molar refractivity (Wildman–Crippen MR) is 79.0 cm³/mol. The summed E-state index contributed by atoms with van der Waals surface area (Å²) in [5, 5.41) is 20.7. The van der Waals surface area contributed by atoms with Crippen LogP contribution in [0.25, 0.3) is 0 Å². The first-order chi connectivity index (χ1) is 9.77. The molecule has 0 aliphatic rings. The van der Waals surface area contributed by atoms with Gasteiger partial charge < -0.3 is 14.7 Å². The topological polar surface area (TPSA) is 92.9 Å². The number of carbonyl (C=O) groups is 1. The van der Waals surface area contributed by atoms with Crippen LogP contribution in [0.1, 0.15) is 27.7 Å². The Morgan fingerprint density at radius 3 is 2.48 bits per heavy atom. The van der Waals surface area contributed by atoms with Gasteiger partial charge in [-0.15, -0.1) is 0 Å². The number of hydrogen-bond acceptors (Lipinski definition) is 5. The maximum atomic E-state index is 11.4. The highest BCUT2D eigenvalue weighted by Gasteiger charge is 2.38. The number of benzene rings is 1. The van der Waals surface area contributed by atoms with E-state index in [0.29, 0.717) is 13.2 Å². The summed E-state index contributed by atoms with van der Waals surface area (Å²) in [6.45, 7) is 7.11. The molecular weight excluding hydrogens is 276 g/mol. The molecule has 116 valence electrons. The van der Waals surface area contributed by atoms with Crippen LogP contribution in [-0.4, -0.2) is 34.7 Å². The number of anilines is 1. The van der Waals surface area contributed by atoms with Crippen molar-refractivity contribution in [2.24, 2.45) is 0 Å². The van der Waals surface area contributed by atoms with E-state index in [9.17, 15) is 20.0 Å². The molecule has 0 bridgehead atoms. The van der Waals surface area contributed by atoms with Crippen molar-refractivity contribution in [3.63, 3.8) is 0 Å². The average molecular weight is 296 g/mol. The Morgan fingerprint density at radius 1 is 1.43 bits per heavy atom. The van der Waals surface area contributed by atoms with E-state index in [2.05, 4.69) is 0 Å². The van der Waals surface area contributed by atoms with Gasteiger partial charge in [-0.3, -0.25) is 10.1 Å². The van der Waals surface area contributed by atoms with Gasteiger partial charge in [0, 0.05) is 6.54 Å². The highest BCUT2D eigenvalue weighted by molar-refractivity contribution is 5.85. The third-order valence-electron chi connectivity index (χ3n) is 3.27. The van der Waals surface area contributed by atoms with Gasteiger partial charge in [-0.05, 0) is 39.8 Å². The Bertz CT molecular complexity index is 542. The molecule has 0 heterocycles. The van der Waals surface area contributed by atoms with E-state index in [1.807, 2.05) is 0 Å². The Morgan fingerprint density at radius 2 is 2.05 bits per heavy atom. The molecule has 0 atom stereocenters. The normalized spacial score (nSPS) is 11.0. The van der Waals surface area contributed by atoms with Gasteiger partial charge in [-0.25, -0.2) is 4.79 Å². The van der Waals surface area contributed by atoms with Gasteiger partial charge in [-0.2, -0.15) is 0 Å². The van der Waals surface area contributed by atoms with E-state index in [0.717, 1.165) is 0 Å². The van der Waals surface area contributed by atoms with Crippen molar-refractivity contribution < 1.29 is 19.6 Å². The first kappa shape index (κ1) is 16.7. The first-order valence-corrected chi connectivity index (χ1v) is 6.68. The van der Waals surface area contributed by atoms with Gasteiger partial charge >= 0.3 is 11.7 Å². The quantitative estimate of drug-likeness (QED) is 0.614. The fraction of sp³-hybridized carbons (Fsp3) is 0.500. The summed E-state index contributed by atoms with van der Waals surface area (Å²) in [6.07, 6.45) is 0. The number of likely N-dealkylation sites (N-methyl/N-ethyl adjacent to an activating group) is 1. The molecule has 0 unspecified atom stereocenters. The Kier molecular flexibility index (Phi) is 5.12. The van der Waals surface area contributed by atoms with E-state index in [-0.39, 0.29) is 17.1 Å². The van der Waals surface area contributed by atoms with E-state index < -0.39 is 16.4 Å². The van der Waals surface area contributed by atoms with Crippen LogP contribution in [0.4, 0.5) is 11.4 Å². The molecule has 1 N–H and O–H groups in total. The molecule has 7 nitrogen and oxygen atoms in total. The molecule has 0 aliphatic heterocycles. The van der Waals surface area contributed by atoms with Gasteiger partial charge in [0.2, 0.25) is 0 Å². The molecule has 1 aromatic rings. The number of carboxylic acids is 1. The summed E-state index contributed by atoms with van der Waals surface area (Å²) < 4.78 is 5.29. The maximum Gasteiger partial charge on any atom is 0.333 e. The molecule has 0 saturated heterocycles. The second-order valence-corrected chi connectivity index (χ2v) is 4.92. The standard InChI is InChI=1S/C14H20N2O5/c1-5-15(14(3,4)13(17)18)10-8-7-9-11(21-6-2)12(10)16(19)20/h7-9H,5-6H2,1-4H3,(H,17,18). The number of nitrogens with zero attached hydrogens (tertiary/aromatic N) is 2. The number of para-hydroxylation sites is 1. The minimum atomic E-state index is -1.27. The van der Waals surface area contributed by atoms with Crippen molar-refractivity contribution >= 4 is 17.3 Å². The predicted octanol–water partition coefficient (Wildman–Crippen LogP) is 2.68. The zero-order valence-electron chi connectivity index (χ0n) is 12.6. The van der Waals surface area contributed by atoms with Crippen molar-refractivity contribution in [3.8, 4) is 5.75 Å². The van der Waals surface area contributed by atoms with Crippen molar-refractivity contribution in [2.75, 3.05) is 18.1 Å². The van der Waals surface area contributed by atoms with Crippen molar-refractivity contribution in [1.29, 1.82) is 0 Å². The van der Waals surface area contributed by atoms with Crippen LogP contribution in [0.2, 0.25) is 0 Å². The lowest BCUT2D eigenvalue weighted by Crippen LogP contribution is -2.50. The number of aliphatic carboxylic acids is 1. The molecule has 1 rings (SSSR count). The largest absolute Gasteiger partial charge is 0.487 e. The zero-order chi connectivity index (χ0) is 16.2. The number of nitro benzene ring substituents is 1. The van der Waals surface area contributed by atoms with Crippen LogP contribution in [0.5, 0.6) is 5.75 Å².